The first kappa shape index (κ1) is 13.9. The third-order valence-corrected chi connectivity index (χ3v) is 6.53. The van der Waals surface area contributed by atoms with Crippen LogP contribution in [0.25, 0.3) is 0 Å². The molecular formula is C18H27NO. The van der Waals surface area contributed by atoms with Gasteiger partial charge in [0.15, 0.2) is 0 Å². The van der Waals surface area contributed by atoms with Crippen LogP contribution in [0.4, 0.5) is 0 Å². The molecule has 0 heterocycles. The van der Waals surface area contributed by atoms with Gasteiger partial charge in [0, 0.05) is 18.2 Å². The van der Waals surface area contributed by atoms with Crippen LogP contribution in [0, 0.1) is 16.7 Å². The predicted octanol–water partition coefficient (Wildman–Crippen LogP) is 4.00. The van der Waals surface area contributed by atoms with Gasteiger partial charge in [0.25, 0.3) is 0 Å². The molecule has 0 aliphatic heterocycles. The van der Waals surface area contributed by atoms with Gasteiger partial charge in [-0.1, -0.05) is 39.0 Å². The lowest BCUT2D eigenvalue weighted by molar-refractivity contribution is 0.120. The second-order valence-corrected chi connectivity index (χ2v) is 7.36. The lowest BCUT2D eigenvalue weighted by Crippen LogP contribution is -2.44. The Morgan fingerprint density at radius 3 is 2.60 bits per heavy atom. The van der Waals surface area contributed by atoms with E-state index in [9.17, 15) is 0 Å². The number of rotatable bonds is 4. The quantitative estimate of drug-likeness (QED) is 0.895. The molecule has 1 N–H and O–H groups in total. The van der Waals surface area contributed by atoms with Crippen molar-refractivity contribution in [2.75, 3.05) is 7.11 Å². The lowest BCUT2D eigenvalue weighted by atomic mass is 9.69. The van der Waals surface area contributed by atoms with Crippen molar-refractivity contribution in [1.29, 1.82) is 0 Å². The number of hydrogen-bond donors (Lipinski definition) is 1. The Balaban J connectivity index is 1.71. The monoisotopic (exact) mass is 273 g/mol. The maximum absolute atomic E-state index is 5.45. The fourth-order valence-corrected chi connectivity index (χ4v) is 4.59. The summed E-state index contributed by atoms with van der Waals surface area (Å²) >= 11 is 0. The Morgan fingerprint density at radius 1 is 1.25 bits per heavy atom. The number of fused-ring (bicyclic) bond motifs is 2. The summed E-state index contributed by atoms with van der Waals surface area (Å²) in [6.07, 6.45) is 4.11. The summed E-state index contributed by atoms with van der Waals surface area (Å²) in [5.74, 6) is 1.88. The van der Waals surface area contributed by atoms with Crippen molar-refractivity contribution in [3.05, 3.63) is 29.8 Å². The van der Waals surface area contributed by atoms with Crippen LogP contribution in [0.3, 0.4) is 0 Å². The summed E-state index contributed by atoms with van der Waals surface area (Å²) in [6, 6.07) is 8.97. The highest BCUT2D eigenvalue weighted by molar-refractivity contribution is 5.33. The zero-order chi connectivity index (χ0) is 14.4. The minimum atomic E-state index is 0.444. The highest BCUT2D eigenvalue weighted by atomic mass is 16.5. The number of ether oxygens (including phenoxy) is 1. The average molecular weight is 273 g/mol. The first-order chi connectivity index (χ1) is 9.49. The standard InChI is InChI=1S/C18H27NO/c1-17(2)14-9-10-18(17,3)16(11-14)19-12-13-7-5-6-8-15(13)20-4/h5-8,14,16,19H,9-12H2,1-4H3/t14-,16-,18-/m1/s1. The first-order valence-corrected chi connectivity index (χ1v) is 7.84. The number of methoxy groups -OCH3 is 1. The molecule has 2 aliphatic carbocycles. The van der Waals surface area contributed by atoms with E-state index in [0.29, 0.717) is 16.9 Å². The lowest BCUT2D eigenvalue weighted by Gasteiger charge is -2.39. The van der Waals surface area contributed by atoms with Gasteiger partial charge in [-0.15, -0.1) is 0 Å². The fourth-order valence-electron chi connectivity index (χ4n) is 4.59. The molecule has 0 saturated heterocycles. The van der Waals surface area contributed by atoms with Gasteiger partial charge in [-0.05, 0) is 42.1 Å². The molecule has 3 rings (SSSR count). The van der Waals surface area contributed by atoms with Crippen LogP contribution < -0.4 is 10.1 Å². The molecule has 0 unspecified atom stereocenters. The van der Waals surface area contributed by atoms with Gasteiger partial charge in [-0.25, -0.2) is 0 Å². The maximum Gasteiger partial charge on any atom is 0.123 e. The van der Waals surface area contributed by atoms with Crippen LogP contribution in [0.5, 0.6) is 5.75 Å². The van der Waals surface area contributed by atoms with Crippen LogP contribution in [0.1, 0.15) is 45.6 Å². The van der Waals surface area contributed by atoms with E-state index < -0.39 is 0 Å². The highest BCUT2D eigenvalue weighted by Gasteiger charge is 2.60. The topological polar surface area (TPSA) is 21.3 Å². The molecule has 2 nitrogen and oxygen atoms in total. The number of hydrogen-bond acceptors (Lipinski definition) is 2. The van der Waals surface area contributed by atoms with E-state index in [4.69, 9.17) is 4.74 Å². The average Bonchev–Trinajstić information content (AvgIpc) is 2.78. The van der Waals surface area contributed by atoms with E-state index in [2.05, 4.69) is 38.2 Å². The summed E-state index contributed by atoms with van der Waals surface area (Å²) in [7, 11) is 1.75. The molecule has 0 spiro atoms. The molecule has 2 aliphatic rings. The summed E-state index contributed by atoms with van der Waals surface area (Å²) in [6.45, 7) is 8.33. The number of para-hydroxylation sites is 1. The van der Waals surface area contributed by atoms with Crippen LogP contribution in [-0.2, 0) is 6.54 Å². The van der Waals surface area contributed by atoms with Gasteiger partial charge in [-0.3, -0.25) is 0 Å². The fraction of sp³-hybridized carbons (Fsp3) is 0.667. The Bertz CT molecular complexity index is 496. The summed E-state index contributed by atoms with van der Waals surface area (Å²) in [5, 5.41) is 3.82. The van der Waals surface area contributed by atoms with Crippen molar-refractivity contribution in [3.8, 4) is 5.75 Å². The first-order valence-electron chi connectivity index (χ1n) is 7.84. The van der Waals surface area contributed by atoms with Crippen molar-refractivity contribution in [2.24, 2.45) is 16.7 Å². The normalized spacial score (nSPS) is 34.4. The molecule has 2 saturated carbocycles. The second kappa shape index (κ2) is 4.77. The minimum Gasteiger partial charge on any atom is -0.496 e. The summed E-state index contributed by atoms with van der Waals surface area (Å²) in [4.78, 5) is 0. The molecule has 20 heavy (non-hydrogen) atoms. The van der Waals surface area contributed by atoms with E-state index in [1.54, 1.807) is 7.11 Å². The van der Waals surface area contributed by atoms with Gasteiger partial charge in [0.2, 0.25) is 0 Å². The maximum atomic E-state index is 5.45. The third-order valence-electron chi connectivity index (χ3n) is 6.53. The molecule has 2 fully saturated rings. The van der Waals surface area contributed by atoms with Crippen LogP contribution in [0.2, 0.25) is 0 Å². The van der Waals surface area contributed by atoms with Gasteiger partial charge in [0.05, 0.1) is 7.11 Å². The van der Waals surface area contributed by atoms with Crippen LogP contribution in [-0.4, -0.2) is 13.2 Å². The zero-order valence-corrected chi connectivity index (χ0v) is 13.2. The van der Waals surface area contributed by atoms with Crippen LogP contribution >= 0.6 is 0 Å². The van der Waals surface area contributed by atoms with E-state index >= 15 is 0 Å². The molecule has 1 aromatic rings. The molecular weight excluding hydrogens is 246 g/mol. The van der Waals surface area contributed by atoms with E-state index in [-0.39, 0.29) is 0 Å². The molecule has 3 atom stereocenters. The van der Waals surface area contributed by atoms with E-state index in [1.807, 2.05) is 12.1 Å². The SMILES string of the molecule is COc1ccccc1CN[C@@H]1C[C@H]2CC[C@@]1(C)C2(C)C. The molecule has 2 bridgehead atoms. The van der Waals surface area contributed by atoms with Crippen molar-refractivity contribution >= 4 is 0 Å². The summed E-state index contributed by atoms with van der Waals surface area (Å²) < 4.78 is 5.45. The molecule has 110 valence electrons. The van der Waals surface area contributed by atoms with E-state index in [0.717, 1.165) is 18.2 Å². The zero-order valence-electron chi connectivity index (χ0n) is 13.2. The molecule has 0 radical (unpaired) electrons. The molecule has 1 aromatic carbocycles. The third kappa shape index (κ3) is 1.88. The predicted molar refractivity (Wildman–Crippen MR) is 82.9 cm³/mol. The van der Waals surface area contributed by atoms with Crippen LogP contribution in [0.15, 0.2) is 24.3 Å². The van der Waals surface area contributed by atoms with Crippen molar-refractivity contribution in [3.63, 3.8) is 0 Å². The summed E-state index contributed by atoms with van der Waals surface area (Å²) in [5.41, 5.74) is 2.18. The second-order valence-electron chi connectivity index (χ2n) is 7.36. The highest BCUT2D eigenvalue weighted by Crippen LogP contribution is 2.65. The van der Waals surface area contributed by atoms with Gasteiger partial charge in [-0.2, -0.15) is 0 Å². The van der Waals surface area contributed by atoms with Crippen molar-refractivity contribution < 1.29 is 4.74 Å². The van der Waals surface area contributed by atoms with E-state index in [1.165, 1.54) is 24.8 Å². The van der Waals surface area contributed by atoms with Gasteiger partial charge in [0.1, 0.15) is 5.75 Å². The number of nitrogens with one attached hydrogen (secondary N) is 1. The largest absolute Gasteiger partial charge is 0.496 e. The Hall–Kier alpha value is -1.02. The van der Waals surface area contributed by atoms with Crippen molar-refractivity contribution in [1.82, 2.24) is 5.32 Å². The molecule has 0 aromatic heterocycles. The number of benzene rings is 1. The van der Waals surface area contributed by atoms with Crippen molar-refractivity contribution in [2.45, 2.75) is 52.6 Å². The molecule has 2 heteroatoms. The Labute approximate surface area is 122 Å². The Morgan fingerprint density at radius 2 is 2.00 bits per heavy atom. The minimum absolute atomic E-state index is 0.444. The Kier molecular flexibility index (Phi) is 3.32. The molecule has 0 amide bonds. The van der Waals surface area contributed by atoms with Gasteiger partial charge < -0.3 is 10.1 Å². The van der Waals surface area contributed by atoms with Gasteiger partial charge >= 0.3 is 0 Å². The smallest absolute Gasteiger partial charge is 0.123 e.